The molecule has 1 atom stereocenters. The SMILES string of the molecule is Cc1ccc(C(NN)c2cccc(S(C)(=O)=O)c2)cc1C. The van der Waals surface area contributed by atoms with Crippen LogP contribution in [-0.2, 0) is 9.84 Å². The molecule has 0 heterocycles. The van der Waals surface area contributed by atoms with Crippen molar-refractivity contribution in [1.82, 2.24) is 5.43 Å². The molecule has 5 heteroatoms. The highest BCUT2D eigenvalue weighted by atomic mass is 32.2. The molecule has 0 aromatic heterocycles. The topological polar surface area (TPSA) is 72.2 Å². The monoisotopic (exact) mass is 304 g/mol. The van der Waals surface area contributed by atoms with Gasteiger partial charge < -0.3 is 0 Å². The summed E-state index contributed by atoms with van der Waals surface area (Å²) in [6.07, 6.45) is 1.20. The van der Waals surface area contributed by atoms with Gasteiger partial charge in [-0.3, -0.25) is 5.84 Å². The standard InChI is InChI=1S/C16H20N2O2S/c1-11-7-8-14(9-12(11)2)16(18-17)13-5-4-6-15(10-13)21(3,19)20/h4-10,16,18H,17H2,1-3H3. The predicted molar refractivity (Wildman–Crippen MR) is 84.6 cm³/mol. The van der Waals surface area contributed by atoms with Crippen molar-refractivity contribution >= 4 is 9.84 Å². The minimum Gasteiger partial charge on any atom is -0.271 e. The maximum Gasteiger partial charge on any atom is 0.175 e. The number of nitrogens with two attached hydrogens (primary N) is 1. The second kappa shape index (κ2) is 5.97. The van der Waals surface area contributed by atoms with Gasteiger partial charge in [-0.15, -0.1) is 0 Å². The lowest BCUT2D eigenvalue weighted by atomic mass is 9.96. The lowest BCUT2D eigenvalue weighted by Crippen LogP contribution is -2.29. The fourth-order valence-corrected chi connectivity index (χ4v) is 2.93. The van der Waals surface area contributed by atoms with Crippen LogP contribution >= 0.6 is 0 Å². The molecular weight excluding hydrogens is 284 g/mol. The van der Waals surface area contributed by atoms with Crippen molar-refractivity contribution in [2.24, 2.45) is 5.84 Å². The van der Waals surface area contributed by atoms with Crippen LogP contribution in [0, 0.1) is 13.8 Å². The van der Waals surface area contributed by atoms with E-state index in [4.69, 9.17) is 5.84 Å². The Morgan fingerprint density at radius 2 is 1.67 bits per heavy atom. The van der Waals surface area contributed by atoms with Crippen molar-refractivity contribution in [3.63, 3.8) is 0 Å². The van der Waals surface area contributed by atoms with E-state index in [9.17, 15) is 8.42 Å². The van der Waals surface area contributed by atoms with Crippen LogP contribution in [0.3, 0.4) is 0 Å². The number of hydrogen-bond acceptors (Lipinski definition) is 4. The van der Waals surface area contributed by atoms with E-state index >= 15 is 0 Å². The summed E-state index contributed by atoms with van der Waals surface area (Å²) in [6.45, 7) is 4.09. The summed E-state index contributed by atoms with van der Waals surface area (Å²) in [5.74, 6) is 5.68. The second-order valence-electron chi connectivity index (χ2n) is 5.29. The van der Waals surface area contributed by atoms with Gasteiger partial charge in [-0.25, -0.2) is 13.8 Å². The summed E-state index contributed by atoms with van der Waals surface area (Å²) in [5.41, 5.74) is 6.97. The van der Waals surface area contributed by atoms with E-state index in [0.717, 1.165) is 11.1 Å². The quantitative estimate of drug-likeness (QED) is 0.671. The van der Waals surface area contributed by atoms with E-state index in [0.29, 0.717) is 4.90 Å². The van der Waals surface area contributed by atoms with Gasteiger partial charge in [-0.1, -0.05) is 30.3 Å². The molecule has 0 amide bonds. The molecule has 0 aliphatic carbocycles. The van der Waals surface area contributed by atoms with Gasteiger partial charge in [-0.2, -0.15) is 0 Å². The molecule has 0 aliphatic rings. The largest absolute Gasteiger partial charge is 0.271 e. The zero-order valence-electron chi connectivity index (χ0n) is 12.4. The first kappa shape index (κ1) is 15.7. The van der Waals surface area contributed by atoms with Crippen molar-refractivity contribution in [3.8, 4) is 0 Å². The minimum atomic E-state index is -3.23. The highest BCUT2D eigenvalue weighted by molar-refractivity contribution is 7.90. The molecule has 2 aromatic rings. The van der Waals surface area contributed by atoms with Crippen molar-refractivity contribution in [3.05, 3.63) is 64.7 Å². The number of hydrazine groups is 1. The Hall–Kier alpha value is -1.69. The molecule has 21 heavy (non-hydrogen) atoms. The number of sulfone groups is 1. The van der Waals surface area contributed by atoms with Crippen LogP contribution in [-0.4, -0.2) is 14.7 Å². The highest BCUT2D eigenvalue weighted by Gasteiger charge is 2.15. The molecule has 0 aliphatic heterocycles. The molecule has 0 spiro atoms. The number of rotatable bonds is 4. The molecule has 2 rings (SSSR count). The van der Waals surface area contributed by atoms with Gasteiger partial charge >= 0.3 is 0 Å². The Balaban J connectivity index is 2.49. The third-order valence-corrected chi connectivity index (χ3v) is 4.76. The van der Waals surface area contributed by atoms with Gasteiger partial charge in [0.1, 0.15) is 0 Å². The van der Waals surface area contributed by atoms with Crippen LogP contribution in [0.5, 0.6) is 0 Å². The average molecular weight is 304 g/mol. The first-order chi connectivity index (χ1) is 9.82. The average Bonchev–Trinajstić information content (AvgIpc) is 2.43. The maximum atomic E-state index is 11.7. The summed E-state index contributed by atoms with van der Waals surface area (Å²) in [6, 6.07) is 12.7. The third kappa shape index (κ3) is 3.50. The Labute approximate surface area is 125 Å². The van der Waals surface area contributed by atoms with Crippen molar-refractivity contribution < 1.29 is 8.42 Å². The zero-order valence-corrected chi connectivity index (χ0v) is 13.2. The summed E-state index contributed by atoms with van der Waals surface area (Å²) < 4.78 is 23.4. The van der Waals surface area contributed by atoms with E-state index in [1.807, 2.05) is 32.0 Å². The molecule has 0 radical (unpaired) electrons. The summed E-state index contributed by atoms with van der Waals surface area (Å²) in [5, 5.41) is 0. The molecule has 0 fully saturated rings. The van der Waals surface area contributed by atoms with Crippen LogP contribution < -0.4 is 11.3 Å². The molecule has 0 saturated heterocycles. The van der Waals surface area contributed by atoms with Gasteiger partial charge in [0, 0.05) is 6.26 Å². The van der Waals surface area contributed by atoms with Crippen molar-refractivity contribution in [2.75, 3.05) is 6.26 Å². The van der Waals surface area contributed by atoms with Gasteiger partial charge in [0.05, 0.1) is 10.9 Å². The van der Waals surface area contributed by atoms with Gasteiger partial charge in [0.2, 0.25) is 0 Å². The van der Waals surface area contributed by atoms with Crippen LogP contribution in [0.1, 0.15) is 28.3 Å². The number of benzene rings is 2. The smallest absolute Gasteiger partial charge is 0.175 e. The van der Waals surface area contributed by atoms with E-state index in [-0.39, 0.29) is 6.04 Å². The lowest BCUT2D eigenvalue weighted by molar-refractivity contribution is 0.600. The molecule has 4 nitrogen and oxygen atoms in total. The summed E-state index contributed by atoms with van der Waals surface area (Å²) in [4.78, 5) is 0.295. The number of aryl methyl sites for hydroxylation is 2. The van der Waals surface area contributed by atoms with E-state index in [2.05, 4.69) is 11.5 Å². The fraction of sp³-hybridized carbons (Fsp3) is 0.250. The van der Waals surface area contributed by atoms with Crippen molar-refractivity contribution in [1.29, 1.82) is 0 Å². The minimum absolute atomic E-state index is 0.244. The first-order valence-corrected chi connectivity index (χ1v) is 8.55. The van der Waals surface area contributed by atoms with E-state index in [1.165, 1.54) is 17.4 Å². The molecule has 1 unspecified atom stereocenters. The van der Waals surface area contributed by atoms with E-state index < -0.39 is 9.84 Å². The predicted octanol–water partition coefficient (Wildman–Crippen LogP) is 2.26. The molecule has 0 bridgehead atoms. The Morgan fingerprint density at radius 1 is 1.00 bits per heavy atom. The van der Waals surface area contributed by atoms with Gasteiger partial charge in [0.15, 0.2) is 9.84 Å². The Morgan fingerprint density at radius 3 is 2.24 bits per heavy atom. The second-order valence-corrected chi connectivity index (χ2v) is 7.30. The normalized spacial score (nSPS) is 13.1. The Bertz CT molecular complexity index is 755. The molecule has 0 saturated carbocycles. The van der Waals surface area contributed by atoms with Gasteiger partial charge in [0.25, 0.3) is 0 Å². The van der Waals surface area contributed by atoms with Crippen LogP contribution in [0.4, 0.5) is 0 Å². The van der Waals surface area contributed by atoms with Crippen LogP contribution in [0.15, 0.2) is 47.4 Å². The third-order valence-electron chi connectivity index (χ3n) is 3.65. The summed E-state index contributed by atoms with van der Waals surface area (Å²) >= 11 is 0. The van der Waals surface area contributed by atoms with Gasteiger partial charge in [-0.05, 0) is 48.2 Å². The van der Waals surface area contributed by atoms with E-state index in [1.54, 1.807) is 18.2 Å². The van der Waals surface area contributed by atoms with Crippen LogP contribution in [0.25, 0.3) is 0 Å². The molecular formula is C16H20N2O2S. The molecule has 2 aromatic carbocycles. The first-order valence-electron chi connectivity index (χ1n) is 6.66. The van der Waals surface area contributed by atoms with Crippen molar-refractivity contribution in [2.45, 2.75) is 24.8 Å². The molecule has 112 valence electrons. The lowest BCUT2D eigenvalue weighted by Gasteiger charge is -2.18. The highest BCUT2D eigenvalue weighted by Crippen LogP contribution is 2.25. The Kier molecular flexibility index (Phi) is 4.46. The number of hydrogen-bond donors (Lipinski definition) is 2. The zero-order chi connectivity index (χ0) is 15.6. The maximum absolute atomic E-state index is 11.7. The fourth-order valence-electron chi connectivity index (χ4n) is 2.25. The summed E-state index contributed by atoms with van der Waals surface area (Å²) in [7, 11) is -3.23. The molecule has 3 N–H and O–H groups in total. The number of nitrogens with one attached hydrogen (secondary N) is 1. The van der Waals surface area contributed by atoms with Crippen LogP contribution in [0.2, 0.25) is 0 Å².